The van der Waals surface area contributed by atoms with Crippen LogP contribution in [0, 0.1) is 6.92 Å². The first-order chi connectivity index (χ1) is 11.5. The maximum atomic E-state index is 12.4. The van der Waals surface area contributed by atoms with Crippen molar-refractivity contribution in [1.82, 2.24) is 14.3 Å². The molecule has 0 amide bonds. The number of rotatable bonds is 5. The SMILES string of the molecule is Cc1cccn2c(=O)cc(CN(Cc3ccccc3)C(C)C)nc12. The molecule has 0 aliphatic carbocycles. The molecular formula is C20H23N3O. The molecule has 3 aromatic rings. The average Bonchev–Trinajstić information content (AvgIpc) is 2.56. The van der Waals surface area contributed by atoms with Crippen molar-refractivity contribution in [3.05, 3.63) is 81.9 Å². The number of fused-ring (bicyclic) bond motifs is 1. The highest BCUT2D eigenvalue weighted by molar-refractivity contribution is 5.46. The van der Waals surface area contributed by atoms with E-state index in [1.54, 1.807) is 16.7 Å². The van der Waals surface area contributed by atoms with E-state index in [0.29, 0.717) is 12.6 Å². The van der Waals surface area contributed by atoms with Crippen LogP contribution in [0.3, 0.4) is 0 Å². The van der Waals surface area contributed by atoms with E-state index in [-0.39, 0.29) is 5.56 Å². The molecule has 0 spiro atoms. The van der Waals surface area contributed by atoms with E-state index in [4.69, 9.17) is 4.98 Å². The molecule has 0 aliphatic heterocycles. The molecule has 4 nitrogen and oxygen atoms in total. The Morgan fingerprint density at radius 3 is 2.54 bits per heavy atom. The fourth-order valence-corrected chi connectivity index (χ4v) is 2.84. The summed E-state index contributed by atoms with van der Waals surface area (Å²) in [6, 6.07) is 16.3. The van der Waals surface area contributed by atoms with Gasteiger partial charge in [0, 0.05) is 31.4 Å². The lowest BCUT2D eigenvalue weighted by atomic mass is 10.2. The predicted molar refractivity (Wildman–Crippen MR) is 97.0 cm³/mol. The topological polar surface area (TPSA) is 37.6 Å². The lowest BCUT2D eigenvalue weighted by molar-refractivity contribution is 0.201. The monoisotopic (exact) mass is 321 g/mol. The molecule has 0 atom stereocenters. The van der Waals surface area contributed by atoms with Gasteiger partial charge in [-0.15, -0.1) is 0 Å². The van der Waals surface area contributed by atoms with Gasteiger partial charge in [-0.1, -0.05) is 36.4 Å². The van der Waals surface area contributed by atoms with Gasteiger partial charge in [0.1, 0.15) is 5.65 Å². The maximum absolute atomic E-state index is 12.4. The Morgan fingerprint density at radius 2 is 1.83 bits per heavy atom. The third-order valence-corrected chi connectivity index (χ3v) is 4.26. The zero-order valence-corrected chi connectivity index (χ0v) is 14.4. The summed E-state index contributed by atoms with van der Waals surface area (Å²) in [5.74, 6) is 0. The molecule has 24 heavy (non-hydrogen) atoms. The fraction of sp³-hybridized carbons (Fsp3) is 0.300. The van der Waals surface area contributed by atoms with Gasteiger partial charge in [0.25, 0.3) is 5.56 Å². The highest BCUT2D eigenvalue weighted by Gasteiger charge is 2.13. The van der Waals surface area contributed by atoms with Gasteiger partial charge in [0.15, 0.2) is 0 Å². The van der Waals surface area contributed by atoms with Crippen LogP contribution in [-0.4, -0.2) is 20.3 Å². The average molecular weight is 321 g/mol. The number of aromatic nitrogens is 2. The summed E-state index contributed by atoms with van der Waals surface area (Å²) >= 11 is 0. The van der Waals surface area contributed by atoms with Crippen molar-refractivity contribution >= 4 is 5.65 Å². The molecular weight excluding hydrogens is 298 g/mol. The summed E-state index contributed by atoms with van der Waals surface area (Å²) < 4.78 is 1.61. The molecule has 0 aliphatic rings. The van der Waals surface area contributed by atoms with Gasteiger partial charge in [-0.2, -0.15) is 0 Å². The summed E-state index contributed by atoms with van der Waals surface area (Å²) in [5, 5.41) is 0. The van der Waals surface area contributed by atoms with Crippen LogP contribution >= 0.6 is 0 Å². The van der Waals surface area contributed by atoms with Crippen LogP contribution < -0.4 is 5.56 Å². The maximum Gasteiger partial charge on any atom is 0.258 e. The van der Waals surface area contributed by atoms with Crippen LogP contribution in [0.4, 0.5) is 0 Å². The lowest BCUT2D eigenvalue weighted by Crippen LogP contribution is -2.31. The van der Waals surface area contributed by atoms with E-state index < -0.39 is 0 Å². The Labute approximate surface area is 142 Å². The summed E-state index contributed by atoms with van der Waals surface area (Å²) in [6.07, 6.45) is 1.77. The molecule has 0 N–H and O–H groups in total. The number of benzene rings is 1. The number of pyridine rings is 1. The quantitative estimate of drug-likeness (QED) is 0.723. The number of hydrogen-bond acceptors (Lipinski definition) is 3. The standard InChI is InChI=1S/C20H23N3O/c1-15(2)22(13-17-9-5-4-6-10-17)14-18-12-19(24)23-11-7-8-16(3)20(23)21-18/h4-12,15H,13-14H2,1-3H3. The number of nitrogens with zero attached hydrogens (tertiary/aromatic N) is 3. The third-order valence-electron chi connectivity index (χ3n) is 4.26. The molecule has 1 aromatic carbocycles. The van der Waals surface area contributed by atoms with E-state index in [1.807, 2.05) is 25.1 Å². The van der Waals surface area contributed by atoms with E-state index in [2.05, 4.69) is 43.0 Å². The third kappa shape index (κ3) is 3.54. The first-order valence-corrected chi connectivity index (χ1v) is 8.30. The van der Waals surface area contributed by atoms with Crippen LogP contribution in [0.2, 0.25) is 0 Å². The van der Waals surface area contributed by atoms with E-state index in [0.717, 1.165) is 23.4 Å². The van der Waals surface area contributed by atoms with Crippen molar-refractivity contribution in [2.24, 2.45) is 0 Å². The smallest absolute Gasteiger partial charge is 0.258 e. The second kappa shape index (κ2) is 6.97. The van der Waals surface area contributed by atoms with Crippen molar-refractivity contribution in [3.63, 3.8) is 0 Å². The minimum atomic E-state index is -0.0258. The molecule has 0 saturated heterocycles. The first kappa shape index (κ1) is 16.4. The molecule has 0 saturated carbocycles. The van der Waals surface area contributed by atoms with E-state index in [1.165, 1.54) is 5.56 Å². The molecule has 0 bridgehead atoms. The fourth-order valence-electron chi connectivity index (χ4n) is 2.84. The molecule has 124 valence electrons. The molecule has 0 fully saturated rings. The molecule has 2 heterocycles. The van der Waals surface area contributed by atoms with Crippen molar-refractivity contribution in [1.29, 1.82) is 0 Å². The summed E-state index contributed by atoms with van der Waals surface area (Å²) in [4.78, 5) is 19.4. The van der Waals surface area contributed by atoms with Crippen LogP contribution in [0.1, 0.15) is 30.7 Å². The van der Waals surface area contributed by atoms with Gasteiger partial charge in [-0.05, 0) is 38.0 Å². The zero-order valence-electron chi connectivity index (χ0n) is 14.4. The Morgan fingerprint density at radius 1 is 1.08 bits per heavy atom. The van der Waals surface area contributed by atoms with E-state index >= 15 is 0 Å². The van der Waals surface area contributed by atoms with Gasteiger partial charge in [-0.25, -0.2) is 4.98 Å². The first-order valence-electron chi connectivity index (χ1n) is 8.30. The number of aryl methyl sites for hydroxylation is 1. The molecule has 0 radical (unpaired) electrons. The van der Waals surface area contributed by atoms with Gasteiger partial charge in [0.05, 0.1) is 5.69 Å². The lowest BCUT2D eigenvalue weighted by Gasteiger charge is -2.26. The second-order valence-electron chi connectivity index (χ2n) is 6.45. The molecule has 4 heteroatoms. The Kier molecular flexibility index (Phi) is 4.76. The molecule has 2 aromatic heterocycles. The van der Waals surface area contributed by atoms with Crippen LogP contribution in [0.25, 0.3) is 5.65 Å². The second-order valence-corrected chi connectivity index (χ2v) is 6.45. The zero-order chi connectivity index (χ0) is 17.1. The van der Waals surface area contributed by atoms with E-state index in [9.17, 15) is 4.79 Å². The highest BCUT2D eigenvalue weighted by Crippen LogP contribution is 2.13. The summed E-state index contributed by atoms with van der Waals surface area (Å²) in [7, 11) is 0. The van der Waals surface area contributed by atoms with Crippen LogP contribution in [-0.2, 0) is 13.1 Å². The molecule has 3 rings (SSSR count). The van der Waals surface area contributed by atoms with Gasteiger partial charge < -0.3 is 0 Å². The van der Waals surface area contributed by atoms with Crippen LogP contribution in [0.15, 0.2) is 59.5 Å². The summed E-state index contributed by atoms with van der Waals surface area (Å²) in [5.41, 5.74) is 3.81. The van der Waals surface area contributed by atoms with Gasteiger partial charge in [-0.3, -0.25) is 14.1 Å². The predicted octanol–water partition coefficient (Wildman–Crippen LogP) is 3.41. The molecule has 0 unspecified atom stereocenters. The van der Waals surface area contributed by atoms with Gasteiger partial charge >= 0.3 is 0 Å². The highest BCUT2D eigenvalue weighted by atomic mass is 16.1. The largest absolute Gasteiger partial charge is 0.291 e. The Bertz CT molecular complexity index is 884. The van der Waals surface area contributed by atoms with Gasteiger partial charge in [0.2, 0.25) is 0 Å². The normalized spacial score (nSPS) is 11.5. The minimum Gasteiger partial charge on any atom is -0.291 e. The van der Waals surface area contributed by atoms with Crippen molar-refractivity contribution in [2.75, 3.05) is 0 Å². The Hall–Kier alpha value is -2.46. The Balaban J connectivity index is 1.91. The summed E-state index contributed by atoms with van der Waals surface area (Å²) in [6.45, 7) is 7.82. The van der Waals surface area contributed by atoms with Crippen LogP contribution in [0.5, 0.6) is 0 Å². The minimum absolute atomic E-state index is 0.0258. The van der Waals surface area contributed by atoms with Crippen molar-refractivity contribution in [3.8, 4) is 0 Å². The van der Waals surface area contributed by atoms with Crippen molar-refractivity contribution < 1.29 is 0 Å². The van der Waals surface area contributed by atoms with Crippen molar-refractivity contribution in [2.45, 2.75) is 39.9 Å². The number of hydrogen-bond donors (Lipinski definition) is 0.